The first-order valence-corrected chi connectivity index (χ1v) is 11.0. The van der Waals surface area contributed by atoms with Crippen LogP contribution in [0.15, 0.2) is 29.3 Å². The molecule has 3 rings (SSSR count). The molecule has 2 amide bonds. The van der Waals surface area contributed by atoms with Crippen LogP contribution in [0.1, 0.15) is 51.2 Å². The van der Waals surface area contributed by atoms with Crippen molar-refractivity contribution < 1.29 is 14.3 Å². The minimum Gasteiger partial charge on any atom is -0.444 e. The van der Waals surface area contributed by atoms with E-state index in [1.165, 1.54) is 11.1 Å². The summed E-state index contributed by atoms with van der Waals surface area (Å²) in [5.41, 5.74) is 1.99. The second-order valence-electron chi connectivity index (χ2n) is 9.17. The van der Waals surface area contributed by atoms with Crippen molar-refractivity contribution in [2.75, 3.05) is 26.7 Å². The van der Waals surface area contributed by atoms with Crippen molar-refractivity contribution in [3.63, 3.8) is 0 Å². The first kappa shape index (κ1) is 22.9. The summed E-state index contributed by atoms with van der Waals surface area (Å²) in [4.78, 5) is 32.9. The van der Waals surface area contributed by atoms with E-state index in [1.54, 1.807) is 7.05 Å². The lowest BCUT2D eigenvalue weighted by atomic mass is 10.1. The van der Waals surface area contributed by atoms with Crippen molar-refractivity contribution in [3.05, 3.63) is 35.4 Å². The van der Waals surface area contributed by atoms with Gasteiger partial charge < -0.3 is 25.2 Å². The van der Waals surface area contributed by atoms with Crippen LogP contribution in [-0.2, 0) is 22.6 Å². The fourth-order valence-corrected chi connectivity index (χ4v) is 3.98. The summed E-state index contributed by atoms with van der Waals surface area (Å²) in [7, 11) is 1.75. The van der Waals surface area contributed by atoms with E-state index in [2.05, 4.69) is 32.7 Å². The Kier molecular flexibility index (Phi) is 7.41. The molecule has 2 N–H and O–H groups in total. The number of benzene rings is 1. The summed E-state index contributed by atoms with van der Waals surface area (Å²) in [6.07, 6.45) is 1.72. The molecule has 8 heteroatoms. The maximum atomic E-state index is 12.5. The Hall–Kier alpha value is -2.77. The SMILES string of the molecule is CN=C(NCCCC(=O)N1Cc2ccccc2C1)N1CCC(NC(=O)OC(C)(C)C)C1. The number of hydrogen-bond donors (Lipinski definition) is 2. The maximum Gasteiger partial charge on any atom is 0.407 e. The number of likely N-dealkylation sites (tertiary alicyclic amines) is 1. The molecule has 2 aliphatic heterocycles. The Balaban J connectivity index is 1.35. The highest BCUT2D eigenvalue weighted by molar-refractivity contribution is 5.80. The van der Waals surface area contributed by atoms with E-state index in [0.717, 1.165) is 25.3 Å². The number of alkyl carbamates (subject to hydrolysis) is 1. The smallest absolute Gasteiger partial charge is 0.407 e. The zero-order valence-electron chi connectivity index (χ0n) is 19.1. The number of guanidine groups is 1. The number of ether oxygens (including phenoxy) is 1. The van der Waals surface area contributed by atoms with Crippen LogP contribution in [0.5, 0.6) is 0 Å². The monoisotopic (exact) mass is 429 g/mol. The van der Waals surface area contributed by atoms with Crippen molar-refractivity contribution in [1.29, 1.82) is 0 Å². The average molecular weight is 430 g/mol. The van der Waals surface area contributed by atoms with Gasteiger partial charge in [0.1, 0.15) is 5.60 Å². The van der Waals surface area contributed by atoms with Crippen LogP contribution in [0.3, 0.4) is 0 Å². The number of hydrogen-bond acceptors (Lipinski definition) is 4. The van der Waals surface area contributed by atoms with Crippen LogP contribution in [0.2, 0.25) is 0 Å². The predicted molar refractivity (Wildman–Crippen MR) is 121 cm³/mol. The fraction of sp³-hybridized carbons (Fsp3) is 0.609. The Bertz CT molecular complexity index is 793. The number of nitrogens with one attached hydrogen (secondary N) is 2. The zero-order chi connectivity index (χ0) is 22.4. The molecule has 2 aliphatic rings. The minimum absolute atomic E-state index is 0.0341. The van der Waals surface area contributed by atoms with E-state index in [1.807, 2.05) is 37.8 Å². The summed E-state index contributed by atoms with van der Waals surface area (Å²) in [5, 5.41) is 6.28. The highest BCUT2D eigenvalue weighted by atomic mass is 16.6. The molecule has 1 unspecified atom stereocenters. The molecule has 8 nitrogen and oxygen atoms in total. The molecular weight excluding hydrogens is 394 g/mol. The van der Waals surface area contributed by atoms with Gasteiger partial charge in [-0.15, -0.1) is 0 Å². The number of rotatable bonds is 5. The average Bonchev–Trinajstić information content (AvgIpc) is 3.33. The van der Waals surface area contributed by atoms with Gasteiger partial charge in [-0.05, 0) is 44.7 Å². The zero-order valence-corrected chi connectivity index (χ0v) is 19.1. The first-order valence-electron chi connectivity index (χ1n) is 11.0. The lowest BCUT2D eigenvalue weighted by Crippen LogP contribution is -2.44. The minimum atomic E-state index is -0.505. The maximum absolute atomic E-state index is 12.5. The van der Waals surface area contributed by atoms with E-state index < -0.39 is 5.60 Å². The van der Waals surface area contributed by atoms with E-state index in [0.29, 0.717) is 32.6 Å². The van der Waals surface area contributed by atoms with Gasteiger partial charge in [0.2, 0.25) is 5.91 Å². The predicted octanol–water partition coefficient (Wildman–Crippen LogP) is 2.48. The summed E-state index contributed by atoms with van der Waals surface area (Å²) < 4.78 is 5.34. The molecule has 0 saturated carbocycles. The molecule has 0 aromatic heterocycles. The van der Waals surface area contributed by atoms with Crippen molar-refractivity contribution in [3.8, 4) is 0 Å². The number of amides is 2. The highest BCUT2D eigenvalue weighted by Crippen LogP contribution is 2.22. The lowest BCUT2D eigenvalue weighted by molar-refractivity contribution is -0.131. The van der Waals surface area contributed by atoms with Crippen molar-refractivity contribution in [2.45, 2.75) is 64.8 Å². The third kappa shape index (κ3) is 6.60. The Morgan fingerprint density at radius 1 is 1.16 bits per heavy atom. The molecular formula is C23H35N5O3. The van der Waals surface area contributed by atoms with Gasteiger partial charge in [0, 0.05) is 46.2 Å². The number of aliphatic imine (C=N–C) groups is 1. The van der Waals surface area contributed by atoms with E-state index >= 15 is 0 Å². The summed E-state index contributed by atoms with van der Waals surface area (Å²) >= 11 is 0. The van der Waals surface area contributed by atoms with Gasteiger partial charge in [0.05, 0.1) is 6.04 Å². The van der Waals surface area contributed by atoms with Gasteiger partial charge >= 0.3 is 6.09 Å². The number of carbonyl (C=O) groups is 2. The fourth-order valence-electron chi connectivity index (χ4n) is 3.98. The molecule has 1 aromatic rings. The molecule has 1 aromatic carbocycles. The largest absolute Gasteiger partial charge is 0.444 e. The van der Waals surface area contributed by atoms with Gasteiger partial charge in [-0.25, -0.2) is 4.79 Å². The lowest BCUT2D eigenvalue weighted by Gasteiger charge is -2.23. The summed E-state index contributed by atoms with van der Waals surface area (Å²) in [6, 6.07) is 8.26. The van der Waals surface area contributed by atoms with Gasteiger partial charge in [-0.3, -0.25) is 9.79 Å². The molecule has 1 saturated heterocycles. The third-order valence-electron chi connectivity index (χ3n) is 5.46. The molecule has 31 heavy (non-hydrogen) atoms. The van der Waals surface area contributed by atoms with Crippen LogP contribution < -0.4 is 10.6 Å². The van der Waals surface area contributed by atoms with Crippen molar-refractivity contribution in [1.82, 2.24) is 20.4 Å². The first-order chi connectivity index (χ1) is 14.7. The number of fused-ring (bicyclic) bond motifs is 1. The molecule has 0 bridgehead atoms. The number of nitrogens with zero attached hydrogens (tertiary/aromatic N) is 3. The number of carbonyl (C=O) groups excluding carboxylic acids is 2. The van der Waals surface area contributed by atoms with Crippen LogP contribution in [0.4, 0.5) is 4.79 Å². The van der Waals surface area contributed by atoms with Gasteiger partial charge in [0.25, 0.3) is 0 Å². The third-order valence-corrected chi connectivity index (χ3v) is 5.46. The van der Waals surface area contributed by atoms with E-state index in [-0.39, 0.29) is 18.0 Å². The molecule has 0 spiro atoms. The quantitative estimate of drug-likeness (QED) is 0.427. The molecule has 170 valence electrons. The topological polar surface area (TPSA) is 86.3 Å². The molecule has 1 fully saturated rings. The molecule has 0 radical (unpaired) electrons. The summed E-state index contributed by atoms with van der Waals surface area (Å²) in [5.74, 6) is 0.991. The highest BCUT2D eigenvalue weighted by Gasteiger charge is 2.28. The van der Waals surface area contributed by atoms with Crippen LogP contribution in [-0.4, -0.2) is 66.1 Å². The van der Waals surface area contributed by atoms with Crippen molar-refractivity contribution in [2.24, 2.45) is 4.99 Å². The second kappa shape index (κ2) is 10.0. The molecule has 1 atom stereocenters. The molecule has 2 heterocycles. The van der Waals surface area contributed by atoms with Crippen LogP contribution in [0, 0.1) is 0 Å². The van der Waals surface area contributed by atoms with Crippen LogP contribution in [0.25, 0.3) is 0 Å². The van der Waals surface area contributed by atoms with Crippen molar-refractivity contribution >= 4 is 18.0 Å². The Morgan fingerprint density at radius 3 is 2.45 bits per heavy atom. The second-order valence-corrected chi connectivity index (χ2v) is 9.17. The van der Waals surface area contributed by atoms with E-state index in [9.17, 15) is 9.59 Å². The van der Waals surface area contributed by atoms with Gasteiger partial charge in [-0.2, -0.15) is 0 Å². The molecule has 0 aliphatic carbocycles. The van der Waals surface area contributed by atoms with Crippen LogP contribution >= 0.6 is 0 Å². The normalized spacial score (nSPS) is 18.7. The van der Waals surface area contributed by atoms with Gasteiger partial charge in [-0.1, -0.05) is 24.3 Å². The standard InChI is InChI=1S/C23H35N5O3/c1-23(2,3)31-22(30)26-19-11-13-27(16-19)21(24-4)25-12-7-10-20(29)28-14-17-8-5-6-9-18(17)15-28/h5-6,8-9,19H,7,10-16H2,1-4H3,(H,24,25)(H,26,30). The Morgan fingerprint density at radius 2 is 1.84 bits per heavy atom. The van der Waals surface area contributed by atoms with E-state index in [4.69, 9.17) is 4.74 Å². The Labute approximate surface area is 185 Å². The van der Waals surface area contributed by atoms with Gasteiger partial charge in [0.15, 0.2) is 5.96 Å². The summed E-state index contributed by atoms with van der Waals surface area (Å²) in [6.45, 7) is 9.16.